The highest BCUT2D eigenvalue weighted by Gasteiger charge is 2.31. The molecule has 13 heteroatoms. The Morgan fingerprint density at radius 2 is 1.94 bits per heavy atom. The largest absolute Gasteiger partial charge is 0.416 e. The van der Waals surface area contributed by atoms with Crippen molar-refractivity contribution in [3.63, 3.8) is 0 Å². The van der Waals surface area contributed by atoms with Gasteiger partial charge < -0.3 is 4.90 Å². The highest BCUT2D eigenvalue weighted by molar-refractivity contribution is 7.90. The second kappa shape index (κ2) is 8.19. The van der Waals surface area contributed by atoms with Gasteiger partial charge in [0.2, 0.25) is 0 Å². The standard InChI is InChI=1S/C18H15ClF3N5O3S/c1-26(2)10-24-31(29,30)16-7-11(3-5-13(16)19)17(28)25-27-9-23-14-8-12(18(20,21)22)4-6-15(14)27/h3-10H,1-2H3,(H,25,28). The lowest BCUT2D eigenvalue weighted by molar-refractivity contribution is -0.137. The number of hydrogen-bond acceptors (Lipinski definition) is 4. The van der Waals surface area contributed by atoms with Crippen LogP contribution in [0.1, 0.15) is 15.9 Å². The molecule has 0 bridgehead atoms. The number of halogens is 4. The zero-order chi connectivity index (χ0) is 23.0. The van der Waals surface area contributed by atoms with Crippen molar-refractivity contribution in [3.8, 4) is 0 Å². The Labute approximate surface area is 180 Å². The van der Waals surface area contributed by atoms with Gasteiger partial charge in [0, 0.05) is 19.7 Å². The van der Waals surface area contributed by atoms with Gasteiger partial charge in [-0.15, -0.1) is 4.40 Å². The van der Waals surface area contributed by atoms with Crippen molar-refractivity contribution in [2.45, 2.75) is 11.1 Å². The molecule has 0 aliphatic heterocycles. The maximum absolute atomic E-state index is 12.8. The number of amides is 1. The van der Waals surface area contributed by atoms with E-state index in [0.717, 1.165) is 35.5 Å². The van der Waals surface area contributed by atoms with E-state index in [9.17, 15) is 26.4 Å². The van der Waals surface area contributed by atoms with Crippen molar-refractivity contribution >= 4 is 44.9 Å². The Morgan fingerprint density at radius 3 is 2.58 bits per heavy atom. The van der Waals surface area contributed by atoms with Gasteiger partial charge in [-0.1, -0.05) is 11.6 Å². The van der Waals surface area contributed by atoms with Gasteiger partial charge in [-0.05, 0) is 36.4 Å². The summed E-state index contributed by atoms with van der Waals surface area (Å²) >= 11 is 5.97. The SMILES string of the molecule is CN(C)C=NS(=O)(=O)c1cc(C(=O)Nn2cnc3cc(C(F)(F)F)ccc32)ccc1Cl. The Bertz CT molecular complexity index is 1290. The normalized spacial score (nSPS) is 12.5. The number of aromatic nitrogens is 2. The second-order valence-corrected chi connectivity index (χ2v) is 8.57. The predicted octanol–water partition coefficient (Wildman–Crippen LogP) is 3.37. The molecule has 8 nitrogen and oxygen atoms in total. The van der Waals surface area contributed by atoms with Crippen LogP contribution in [0.5, 0.6) is 0 Å². The molecule has 0 aliphatic rings. The molecule has 164 valence electrons. The highest BCUT2D eigenvalue weighted by Crippen LogP contribution is 2.31. The topological polar surface area (TPSA) is 96.7 Å². The van der Waals surface area contributed by atoms with Gasteiger partial charge in [-0.3, -0.25) is 10.2 Å². The molecule has 1 N–H and O–H groups in total. The number of sulfonamides is 1. The summed E-state index contributed by atoms with van der Waals surface area (Å²) in [4.78, 5) is 17.5. The number of fused-ring (bicyclic) bond motifs is 1. The minimum absolute atomic E-state index is 0.0209. The number of alkyl halides is 3. The lowest BCUT2D eigenvalue weighted by Gasteiger charge is -2.10. The Kier molecular flexibility index (Phi) is 5.96. The molecule has 0 fully saturated rings. The molecule has 1 amide bonds. The van der Waals surface area contributed by atoms with E-state index in [1.165, 1.54) is 23.1 Å². The number of nitrogens with zero attached hydrogens (tertiary/aromatic N) is 4. The van der Waals surface area contributed by atoms with Crippen molar-refractivity contribution in [2.75, 3.05) is 19.5 Å². The smallest absolute Gasteiger partial charge is 0.368 e. The van der Waals surface area contributed by atoms with Gasteiger partial charge in [0.05, 0.1) is 21.6 Å². The minimum Gasteiger partial charge on any atom is -0.368 e. The lowest BCUT2D eigenvalue weighted by Crippen LogP contribution is -2.22. The van der Waals surface area contributed by atoms with E-state index in [4.69, 9.17) is 11.6 Å². The maximum atomic E-state index is 12.8. The molecular formula is C18H15ClF3N5O3S. The summed E-state index contributed by atoms with van der Waals surface area (Å²) in [6.45, 7) is 0. The number of nitrogens with one attached hydrogen (secondary N) is 1. The molecule has 3 aromatic rings. The van der Waals surface area contributed by atoms with E-state index < -0.39 is 27.7 Å². The van der Waals surface area contributed by atoms with Gasteiger partial charge in [0.15, 0.2) is 0 Å². The van der Waals surface area contributed by atoms with Gasteiger partial charge in [0.1, 0.15) is 17.6 Å². The molecule has 0 atom stereocenters. The number of rotatable bonds is 5. The zero-order valence-corrected chi connectivity index (χ0v) is 17.6. The van der Waals surface area contributed by atoms with E-state index in [1.54, 1.807) is 14.1 Å². The summed E-state index contributed by atoms with van der Waals surface area (Å²) in [5, 5.41) is -0.125. The number of carbonyl (C=O) groups is 1. The van der Waals surface area contributed by atoms with Crippen LogP contribution in [0, 0.1) is 0 Å². The monoisotopic (exact) mass is 473 g/mol. The average Bonchev–Trinajstić information content (AvgIpc) is 3.08. The van der Waals surface area contributed by atoms with Gasteiger partial charge >= 0.3 is 6.18 Å². The summed E-state index contributed by atoms with van der Waals surface area (Å²) in [6, 6.07) is 6.47. The van der Waals surface area contributed by atoms with Crippen LogP contribution in [0.3, 0.4) is 0 Å². The quantitative estimate of drug-likeness (QED) is 0.452. The average molecular weight is 474 g/mol. The van der Waals surface area contributed by atoms with Crippen molar-refractivity contribution < 1.29 is 26.4 Å². The Balaban J connectivity index is 1.91. The summed E-state index contributed by atoms with van der Waals surface area (Å²) < 4.78 is 67.9. The molecule has 31 heavy (non-hydrogen) atoms. The third-order valence-electron chi connectivity index (χ3n) is 3.98. The van der Waals surface area contributed by atoms with Crippen LogP contribution in [-0.2, 0) is 16.2 Å². The first-order chi connectivity index (χ1) is 14.4. The van der Waals surface area contributed by atoms with Gasteiger partial charge in [-0.2, -0.15) is 21.6 Å². The molecule has 0 saturated carbocycles. The van der Waals surface area contributed by atoms with E-state index in [-0.39, 0.29) is 26.5 Å². The predicted molar refractivity (Wildman–Crippen MR) is 109 cm³/mol. The van der Waals surface area contributed by atoms with Crippen molar-refractivity contribution in [3.05, 3.63) is 58.9 Å². The fraction of sp³-hybridized carbons (Fsp3) is 0.167. The molecular weight excluding hydrogens is 459 g/mol. The minimum atomic E-state index is -4.53. The first-order valence-electron chi connectivity index (χ1n) is 8.50. The molecule has 1 aromatic heterocycles. The Hall–Kier alpha value is -3.12. The number of carbonyl (C=O) groups excluding carboxylic acids is 1. The number of imidazole rings is 1. The van der Waals surface area contributed by atoms with E-state index in [2.05, 4.69) is 14.8 Å². The van der Waals surface area contributed by atoms with E-state index >= 15 is 0 Å². The highest BCUT2D eigenvalue weighted by atomic mass is 35.5. The molecule has 0 aliphatic carbocycles. The van der Waals surface area contributed by atoms with Gasteiger partial charge in [0.25, 0.3) is 15.9 Å². The molecule has 0 saturated heterocycles. The van der Waals surface area contributed by atoms with Crippen LogP contribution in [0.4, 0.5) is 13.2 Å². The van der Waals surface area contributed by atoms with Crippen molar-refractivity contribution in [1.82, 2.24) is 14.6 Å². The van der Waals surface area contributed by atoms with Gasteiger partial charge in [-0.25, -0.2) is 9.66 Å². The summed E-state index contributed by atoms with van der Waals surface area (Å²) in [5.41, 5.74) is 1.75. The first-order valence-corrected chi connectivity index (χ1v) is 10.3. The van der Waals surface area contributed by atoms with Crippen LogP contribution in [0.2, 0.25) is 5.02 Å². The fourth-order valence-corrected chi connectivity index (χ4v) is 3.93. The Morgan fingerprint density at radius 1 is 1.23 bits per heavy atom. The van der Waals surface area contributed by atoms with Crippen LogP contribution < -0.4 is 5.43 Å². The molecule has 1 heterocycles. The van der Waals surface area contributed by atoms with E-state index in [1.807, 2.05) is 0 Å². The second-order valence-electron chi connectivity index (χ2n) is 6.56. The first kappa shape index (κ1) is 22.6. The maximum Gasteiger partial charge on any atom is 0.416 e. The van der Waals surface area contributed by atoms with Crippen molar-refractivity contribution in [1.29, 1.82) is 0 Å². The molecule has 0 unspecified atom stereocenters. The number of benzene rings is 2. The molecule has 2 aromatic carbocycles. The third kappa shape index (κ3) is 4.97. The molecule has 3 rings (SSSR count). The van der Waals surface area contributed by atoms with Crippen molar-refractivity contribution in [2.24, 2.45) is 4.40 Å². The summed E-state index contributed by atoms with van der Waals surface area (Å²) in [6.07, 6.45) is -2.32. The van der Waals surface area contributed by atoms with Crippen LogP contribution in [-0.4, -0.2) is 49.3 Å². The van der Waals surface area contributed by atoms with Crippen LogP contribution in [0.25, 0.3) is 11.0 Å². The molecule has 0 spiro atoms. The lowest BCUT2D eigenvalue weighted by atomic mass is 10.2. The number of hydrogen-bond donors (Lipinski definition) is 1. The summed E-state index contributed by atoms with van der Waals surface area (Å²) in [5.74, 6) is -0.732. The third-order valence-corrected chi connectivity index (χ3v) is 5.69. The van der Waals surface area contributed by atoms with Crippen LogP contribution >= 0.6 is 11.6 Å². The van der Waals surface area contributed by atoms with Crippen LogP contribution in [0.15, 0.2) is 52.0 Å². The van der Waals surface area contributed by atoms with E-state index in [0.29, 0.717) is 0 Å². The summed E-state index contributed by atoms with van der Waals surface area (Å²) in [7, 11) is -1.01. The fourth-order valence-electron chi connectivity index (χ4n) is 2.51. The zero-order valence-electron chi connectivity index (χ0n) is 16.1. The molecule has 0 radical (unpaired) electrons.